The summed E-state index contributed by atoms with van der Waals surface area (Å²) >= 11 is 1.69. The minimum atomic E-state index is -0.961. The Bertz CT molecular complexity index is 898. The van der Waals surface area contributed by atoms with Crippen molar-refractivity contribution >= 4 is 35.0 Å². The molecule has 0 aliphatic carbocycles. The number of nitrogens with zero attached hydrogens (tertiary/aromatic N) is 3. The van der Waals surface area contributed by atoms with Gasteiger partial charge in [0.2, 0.25) is 0 Å². The maximum absolute atomic E-state index is 12.6. The molecule has 1 fully saturated rings. The van der Waals surface area contributed by atoms with Gasteiger partial charge in [0.1, 0.15) is 0 Å². The molecule has 0 unspecified atom stereocenters. The molecule has 7 nitrogen and oxygen atoms in total. The van der Waals surface area contributed by atoms with Gasteiger partial charge in [0.15, 0.2) is 5.78 Å². The minimum absolute atomic E-state index is 0.356. The number of Topliss-reactive ketones (excluding diaryl/α,β-unsaturated/α-hetero) is 1. The summed E-state index contributed by atoms with van der Waals surface area (Å²) in [5, 5.41) is 2.03. The van der Waals surface area contributed by atoms with Gasteiger partial charge in [0.05, 0.1) is 6.54 Å². The third-order valence-corrected chi connectivity index (χ3v) is 5.52. The number of aryl methyl sites for hydroxylation is 2. The normalized spacial score (nSPS) is 14.7. The lowest BCUT2D eigenvalue weighted by Crippen LogP contribution is -2.36. The number of imide groups is 2. The largest absolute Gasteiger partial charge is 0.348 e. The first-order valence-corrected chi connectivity index (χ1v) is 9.05. The Morgan fingerprint density at radius 2 is 1.88 bits per heavy atom. The predicted molar refractivity (Wildman–Crippen MR) is 96.1 cm³/mol. The smallest absolute Gasteiger partial charge is 0.334 e. The number of amides is 4. The van der Waals surface area contributed by atoms with Crippen molar-refractivity contribution in [1.82, 2.24) is 14.4 Å². The van der Waals surface area contributed by atoms with Crippen LogP contribution in [0.25, 0.3) is 0 Å². The van der Waals surface area contributed by atoms with Gasteiger partial charge >= 0.3 is 17.8 Å². The second-order valence-electron chi connectivity index (χ2n) is 6.23. The molecule has 0 radical (unpaired) electrons. The van der Waals surface area contributed by atoms with Crippen LogP contribution in [0.2, 0.25) is 0 Å². The van der Waals surface area contributed by atoms with Gasteiger partial charge in [0.25, 0.3) is 0 Å². The highest BCUT2D eigenvalue weighted by Crippen LogP contribution is 2.19. The molecule has 0 N–H and O–H groups in total. The molecule has 1 aliphatic rings. The van der Waals surface area contributed by atoms with Crippen LogP contribution in [0.15, 0.2) is 23.6 Å². The van der Waals surface area contributed by atoms with E-state index in [2.05, 4.69) is 10.6 Å². The molecular weight excluding hydrogens is 354 g/mol. The average molecular weight is 373 g/mol. The Kier molecular flexibility index (Phi) is 4.78. The molecule has 0 saturated carbocycles. The molecule has 0 spiro atoms. The van der Waals surface area contributed by atoms with Crippen LogP contribution in [-0.2, 0) is 22.6 Å². The van der Waals surface area contributed by atoms with E-state index in [0.717, 1.165) is 29.3 Å². The maximum Gasteiger partial charge on any atom is 0.334 e. The molecule has 3 rings (SSSR count). The molecule has 0 bridgehead atoms. The van der Waals surface area contributed by atoms with Gasteiger partial charge in [-0.2, -0.15) is 0 Å². The number of carbonyl (C=O) groups excluding carboxylic acids is 4. The summed E-state index contributed by atoms with van der Waals surface area (Å²) < 4.78 is 2.05. The van der Waals surface area contributed by atoms with E-state index in [1.807, 2.05) is 25.3 Å². The second kappa shape index (κ2) is 6.87. The van der Waals surface area contributed by atoms with E-state index in [1.165, 1.54) is 11.9 Å². The Morgan fingerprint density at radius 3 is 2.46 bits per heavy atom. The number of ketones is 1. The highest BCUT2D eigenvalue weighted by atomic mass is 32.1. The summed E-state index contributed by atoms with van der Waals surface area (Å²) in [7, 11) is 1.23. The van der Waals surface area contributed by atoms with Crippen LogP contribution in [0.5, 0.6) is 0 Å². The minimum Gasteiger partial charge on any atom is -0.348 e. The fourth-order valence-electron chi connectivity index (χ4n) is 3.09. The molecular formula is C18H19N3O4S. The zero-order chi connectivity index (χ0) is 19.0. The van der Waals surface area contributed by atoms with E-state index in [9.17, 15) is 19.2 Å². The van der Waals surface area contributed by atoms with Crippen molar-refractivity contribution in [2.24, 2.45) is 0 Å². The first-order chi connectivity index (χ1) is 12.3. The molecule has 8 heteroatoms. The molecule has 26 heavy (non-hydrogen) atoms. The first-order valence-electron chi connectivity index (χ1n) is 8.17. The number of thiophene rings is 1. The van der Waals surface area contributed by atoms with E-state index in [-0.39, 0.29) is 5.78 Å². The Labute approximate surface area is 154 Å². The zero-order valence-corrected chi connectivity index (χ0v) is 15.6. The van der Waals surface area contributed by atoms with E-state index in [4.69, 9.17) is 0 Å². The van der Waals surface area contributed by atoms with Crippen LogP contribution in [0, 0.1) is 13.8 Å². The van der Waals surface area contributed by atoms with Crippen LogP contribution in [0.1, 0.15) is 26.6 Å². The number of hydrogen-bond donors (Lipinski definition) is 0. The highest BCUT2D eigenvalue weighted by Gasteiger charge is 2.43. The van der Waals surface area contributed by atoms with Gasteiger partial charge < -0.3 is 4.57 Å². The third-order valence-electron chi connectivity index (χ3n) is 4.59. The molecule has 2 aromatic heterocycles. The van der Waals surface area contributed by atoms with Gasteiger partial charge in [-0.05, 0) is 37.8 Å². The lowest BCUT2D eigenvalue weighted by atomic mass is 10.1. The van der Waals surface area contributed by atoms with E-state index < -0.39 is 24.4 Å². The van der Waals surface area contributed by atoms with Gasteiger partial charge in [-0.15, -0.1) is 11.3 Å². The number of rotatable bonds is 6. The van der Waals surface area contributed by atoms with E-state index >= 15 is 0 Å². The lowest BCUT2D eigenvalue weighted by Gasteiger charge is -2.12. The van der Waals surface area contributed by atoms with Crippen molar-refractivity contribution in [2.75, 3.05) is 13.6 Å². The predicted octanol–water partition coefficient (Wildman–Crippen LogP) is 2.01. The van der Waals surface area contributed by atoms with Crippen LogP contribution in [0.3, 0.4) is 0 Å². The topological polar surface area (TPSA) is 79.7 Å². The van der Waals surface area contributed by atoms with Gasteiger partial charge in [-0.25, -0.2) is 9.69 Å². The van der Waals surface area contributed by atoms with Crippen LogP contribution < -0.4 is 0 Å². The Hall–Kier alpha value is -2.74. The summed E-state index contributed by atoms with van der Waals surface area (Å²) in [6.07, 6.45) is 0.865. The zero-order valence-electron chi connectivity index (χ0n) is 14.8. The van der Waals surface area contributed by atoms with Crippen molar-refractivity contribution in [2.45, 2.75) is 26.8 Å². The van der Waals surface area contributed by atoms with E-state index in [1.54, 1.807) is 17.4 Å². The Morgan fingerprint density at radius 1 is 1.15 bits per heavy atom. The molecule has 4 amide bonds. The Balaban J connectivity index is 1.76. The molecule has 1 aliphatic heterocycles. The third kappa shape index (κ3) is 3.08. The molecule has 0 atom stereocenters. The van der Waals surface area contributed by atoms with Crippen molar-refractivity contribution in [3.63, 3.8) is 0 Å². The number of likely N-dealkylation sites (N-methyl/N-ethyl adjacent to an activating group) is 1. The molecule has 0 aromatic carbocycles. The van der Waals surface area contributed by atoms with Crippen LogP contribution >= 0.6 is 11.3 Å². The molecule has 2 aromatic rings. The van der Waals surface area contributed by atoms with Crippen molar-refractivity contribution in [1.29, 1.82) is 0 Å². The molecule has 136 valence electrons. The van der Waals surface area contributed by atoms with E-state index in [0.29, 0.717) is 10.5 Å². The SMILES string of the molecule is Cc1cc(C(=O)CN2C(=O)C(=O)N(C)C2=O)c(C)n1CCc1cccs1. The number of hydrogen-bond acceptors (Lipinski definition) is 5. The average Bonchev–Trinajstić information content (AvgIpc) is 3.27. The van der Waals surface area contributed by atoms with Crippen molar-refractivity contribution < 1.29 is 19.2 Å². The van der Waals surface area contributed by atoms with Gasteiger partial charge in [-0.3, -0.25) is 19.3 Å². The summed E-state index contributed by atoms with van der Waals surface area (Å²) in [5.41, 5.74) is 2.20. The van der Waals surface area contributed by atoms with Crippen LogP contribution in [0.4, 0.5) is 4.79 Å². The van der Waals surface area contributed by atoms with Gasteiger partial charge in [0, 0.05) is 35.4 Å². The summed E-state index contributed by atoms with van der Waals surface area (Å²) in [6, 6.07) is 5.08. The highest BCUT2D eigenvalue weighted by molar-refractivity contribution is 7.09. The number of urea groups is 1. The lowest BCUT2D eigenvalue weighted by molar-refractivity contribution is -0.142. The summed E-state index contributed by atoms with van der Waals surface area (Å²) in [5.74, 6) is -2.23. The fraction of sp³-hybridized carbons (Fsp3) is 0.333. The van der Waals surface area contributed by atoms with Crippen molar-refractivity contribution in [3.05, 3.63) is 45.4 Å². The fourth-order valence-corrected chi connectivity index (χ4v) is 3.78. The maximum atomic E-state index is 12.6. The van der Waals surface area contributed by atoms with Crippen LogP contribution in [-0.4, -0.2) is 51.6 Å². The number of carbonyl (C=O) groups is 4. The summed E-state index contributed by atoms with van der Waals surface area (Å²) in [4.78, 5) is 50.7. The monoisotopic (exact) mass is 373 g/mol. The first kappa shape index (κ1) is 18.1. The standard InChI is InChI=1S/C18H19N3O4S/c1-11-9-14(12(2)20(11)7-6-13-5-4-8-26-13)15(22)10-21-17(24)16(23)19(3)18(21)25/h4-5,8-9H,6-7,10H2,1-3H3. The summed E-state index contributed by atoms with van der Waals surface area (Å²) in [6.45, 7) is 4.08. The second-order valence-corrected chi connectivity index (χ2v) is 7.26. The van der Waals surface area contributed by atoms with Gasteiger partial charge in [-0.1, -0.05) is 6.07 Å². The molecule has 1 saturated heterocycles. The number of aromatic nitrogens is 1. The van der Waals surface area contributed by atoms with Crippen molar-refractivity contribution in [3.8, 4) is 0 Å². The quantitative estimate of drug-likeness (QED) is 0.441. The molecule has 3 heterocycles.